The van der Waals surface area contributed by atoms with E-state index in [0.717, 1.165) is 31.0 Å². The molecule has 18 heavy (non-hydrogen) atoms. The number of ether oxygens (including phenoxy) is 2. The number of hydrogen-bond donors (Lipinski definition) is 2. The summed E-state index contributed by atoms with van der Waals surface area (Å²) in [6, 6.07) is 6.13. The number of fused-ring (bicyclic) bond motifs is 1. The summed E-state index contributed by atoms with van der Waals surface area (Å²) >= 11 is 0. The quantitative estimate of drug-likeness (QED) is 0.853. The normalized spacial score (nSPS) is 20.2. The van der Waals surface area contributed by atoms with Crippen LogP contribution in [0.2, 0.25) is 0 Å². The van der Waals surface area contributed by atoms with Crippen LogP contribution in [-0.4, -0.2) is 31.8 Å². The molecule has 0 radical (unpaired) electrons. The predicted molar refractivity (Wildman–Crippen MR) is 71.2 cm³/mol. The predicted octanol–water partition coefficient (Wildman–Crippen LogP) is 2.15. The highest BCUT2D eigenvalue weighted by molar-refractivity contribution is 5.86. The van der Waals surface area contributed by atoms with Gasteiger partial charge in [-0.15, -0.1) is 0 Å². The number of aromatic nitrogens is 1. The van der Waals surface area contributed by atoms with E-state index in [2.05, 4.69) is 23.3 Å². The maximum absolute atomic E-state index is 5.85. The van der Waals surface area contributed by atoms with E-state index in [1.54, 1.807) is 7.11 Å². The van der Waals surface area contributed by atoms with E-state index in [1.807, 2.05) is 12.1 Å². The molecule has 2 heterocycles. The summed E-state index contributed by atoms with van der Waals surface area (Å²) in [7, 11) is 1.69. The minimum absolute atomic E-state index is 0.140. The molecule has 1 saturated heterocycles. The molecule has 4 nitrogen and oxygen atoms in total. The van der Waals surface area contributed by atoms with E-state index < -0.39 is 0 Å². The molecule has 1 fully saturated rings. The smallest absolute Gasteiger partial charge is 0.120 e. The molecule has 1 unspecified atom stereocenters. The number of morpholine rings is 1. The Morgan fingerprint density at radius 3 is 3.00 bits per heavy atom. The number of methoxy groups -OCH3 is 1. The molecule has 96 valence electrons. The molecule has 0 aliphatic carbocycles. The standard InChI is InChI=1S/C14H18N2O2/c1-9-14(13-8-15-5-6-18-13)11-4-3-10(17-2)7-12(11)16-9/h3-4,7,13,15-16H,5-6,8H2,1-2H3. The van der Waals surface area contributed by atoms with Gasteiger partial charge >= 0.3 is 0 Å². The number of nitrogens with one attached hydrogen (secondary N) is 2. The van der Waals surface area contributed by atoms with Gasteiger partial charge in [-0.3, -0.25) is 0 Å². The molecular weight excluding hydrogens is 228 g/mol. The first-order valence-corrected chi connectivity index (χ1v) is 6.28. The third kappa shape index (κ3) is 1.87. The summed E-state index contributed by atoms with van der Waals surface area (Å²) < 4.78 is 11.1. The second kappa shape index (κ2) is 4.63. The van der Waals surface area contributed by atoms with Crippen molar-refractivity contribution < 1.29 is 9.47 Å². The molecular formula is C14H18N2O2. The largest absolute Gasteiger partial charge is 0.497 e. The summed E-state index contributed by atoms with van der Waals surface area (Å²) in [5.41, 5.74) is 3.54. The molecule has 4 heteroatoms. The summed E-state index contributed by atoms with van der Waals surface area (Å²) in [6.45, 7) is 4.68. The first kappa shape index (κ1) is 11.6. The van der Waals surface area contributed by atoms with Crippen molar-refractivity contribution in [1.82, 2.24) is 10.3 Å². The first-order valence-electron chi connectivity index (χ1n) is 6.28. The molecule has 0 amide bonds. The third-order valence-corrected chi connectivity index (χ3v) is 3.49. The Hall–Kier alpha value is -1.52. The third-order valence-electron chi connectivity index (χ3n) is 3.49. The number of aryl methyl sites for hydroxylation is 1. The highest BCUT2D eigenvalue weighted by atomic mass is 16.5. The van der Waals surface area contributed by atoms with E-state index in [1.165, 1.54) is 16.6 Å². The van der Waals surface area contributed by atoms with E-state index in [4.69, 9.17) is 9.47 Å². The van der Waals surface area contributed by atoms with E-state index in [-0.39, 0.29) is 6.10 Å². The first-order chi connectivity index (χ1) is 8.79. The minimum Gasteiger partial charge on any atom is -0.497 e. The van der Waals surface area contributed by atoms with Gasteiger partial charge in [0, 0.05) is 41.3 Å². The van der Waals surface area contributed by atoms with Crippen LogP contribution in [0.15, 0.2) is 18.2 Å². The molecule has 1 aliphatic heterocycles. The lowest BCUT2D eigenvalue weighted by molar-refractivity contribution is 0.0282. The average molecular weight is 246 g/mol. The van der Waals surface area contributed by atoms with Crippen LogP contribution in [0, 0.1) is 6.92 Å². The maximum Gasteiger partial charge on any atom is 0.120 e. The van der Waals surface area contributed by atoms with Crippen molar-refractivity contribution in [2.75, 3.05) is 26.8 Å². The Morgan fingerprint density at radius 2 is 2.28 bits per heavy atom. The van der Waals surface area contributed by atoms with Crippen LogP contribution in [0.25, 0.3) is 10.9 Å². The fourth-order valence-electron chi connectivity index (χ4n) is 2.63. The lowest BCUT2D eigenvalue weighted by Crippen LogP contribution is -2.33. The van der Waals surface area contributed by atoms with Gasteiger partial charge in [-0.25, -0.2) is 0 Å². The maximum atomic E-state index is 5.85. The lowest BCUT2D eigenvalue weighted by atomic mass is 10.0. The summed E-state index contributed by atoms with van der Waals surface area (Å²) in [4.78, 5) is 3.41. The van der Waals surface area contributed by atoms with Crippen LogP contribution in [0.4, 0.5) is 0 Å². The zero-order valence-electron chi connectivity index (χ0n) is 10.7. The van der Waals surface area contributed by atoms with Crippen LogP contribution < -0.4 is 10.1 Å². The Labute approximate surface area is 106 Å². The van der Waals surface area contributed by atoms with Crippen LogP contribution >= 0.6 is 0 Å². The topological polar surface area (TPSA) is 46.3 Å². The highest BCUT2D eigenvalue weighted by Crippen LogP contribution is 2.32. The highest BCUT2D eigenvalue weighted by Gasteiger charge is 2.21. The van der Waals surface area contributed by atoms with Gasteiger partial charge in [0.25, 0.3) is 0 Å². The van der Waals surface area contributed by atoms with Gasteiger partial charge < -0.3 is 19.8 Å². The monoisotopic (exact) mass is 246 g/mol. The second-order valence-corrected chi connectivity index (χ2v) is 4.64. The van der Waals surface area contributed by atoms with Crippen molar-refractivity contribution in [3.05, 3.63) is 29.5 Å². The molecule has 2 N–H and O–H groups in total. The van der Waals surface area contributed by atoms with Crippen LogP contribution in [-0.2, 0) is 4.74 Å². The van der Waals surface area contributed by atoms with Crippen LogP contribution in [0.5, 0.6) is 5.75 Å². The number of aromatic amines is 1. The molecule has 1 aromatic carbocycles. The van der Waals surface area contributed by atoms with Gasteiger partial charge in [0.05, 0.1) is 19.8 Å². The Bertz CT molecular complexity index is 556. The zero-order chi connectivity index (χ0) is 12.5. The molecule has 0 bridgehead atoms. The van der Waals surface area contributed by atoms with E-state index in [0.29, 0.717) is 0 Å². The van der Waals surface area contributed by atoms with E-state index >= 15 is 0 Å². The fourth-order valence-corrected chi connectivity index (χ4v) is 2.63. The average Bonchev–Trinajstić information content (AvgIpc) is 2.74. The van der Waals surface area contributed by atoms with Gasteiger partial charge in [-0.05, 0) is 19.1 Å². The summed E-state index contributed by atoms with van der Waals surface area (Å²) in [5, 5.41) is 4.60. The number of H-pyrrole nitrogens is 1. The minimum atomic E-state index is 0.140. The molecule has 0 spiro atoms. The van der Waals surface area contributed by atoms with E-state index in [9.17, 15) is 0 Å². The zero-order valence-corrected chi connectivity index (χ0v) is 10.7. The molecule has 3 rings (SSSR count). The van der Waals surface area contributed by atoms with Crippen LogP contribution in [0.3, 0.4) is 0 Å². The summed E-state index contributed by atoms with van der Waals surface area (Å²) in [6.07, 6.45) is 0.140. The van der Waals surface area contributed by atoms with Gasteiger partial charge in [0.15, 0.2) is 0 Å². The molecule has 0 saturated carbocycles. The molecule has 1 aromatic heterocycles. The van der Waals surface area contributed by atoms with Gasteiger partial charge in [-0.1, -0.05) is 0 Å². The van der Waals surface area contributed by atoms with Crippen molar-refractivity contribution in [2.24, 2.45) is 0 Å². The van der Waals surface area contributed by atoms with Crippen molar-refractivity contribution in [3.63, 3.8) is 0 Å². The molecule has 1 aliphatic rings. The van der Waals surface area contributed by atoms with Crippen molar-refractivity contribution >= 4 is 10.9 Å². The Morgan fingerprint density at radius 1 is 1.39 bits per heavy atom. The molecule has 2 aromatic rings. The van der Waals surface area contributed by atoms with Crippen molar-refractivity contribution in [1.29, 1.82) is 0 Å². The number of benzene rings is 1. The van der Waals surface area contributed by atoms with Crippen LogP contribution in [0.1, 0.15) is 17.4 Å². The number of hydrogen-bond acceptors (Lipinski definition) is 3. The Kier molecular flexibility index (Phi) is 2.97. The lowest BCUT2D eigenvalue weighted by Gasteiger charge is -2.24. The fraction of sp³-hybridized carbons (Fsp3) is 0.429. The van der Waals surface area contributed by atoms with Gasteiger partial charge in [0.2, 0.25) is 0 Å². The molecule has 1 atom stereocenters. The van der Waals surface area contributed by atoms with Crippen molar-refractivity contribution in [3.8, 4) is 5.75 Å². The SMILES string of the molecule is COc1ccc2c(C3CNCCO3)c(C)[nH]c2c1. The summed E-state index contributed by atoms with van der Waals surface area (Å²) in [5.74, 6) is 0.873. The number of rotatable bonds is 2. The van der Waals surface area contributed by atoms with Gasteiger partial charge in [0.1, 0.15) is 5.75 Å². The van der Waals surface area contributed by atoms with Gasteiger partial charge in [-0.2, -0.15) is 0 Å². The second-order valence-electron chi connectivity index (χ2n) is 4.64. The van der Waals surface area contributed by atoms with Crippen molar-refractivity contribution in [2.45, 2.75) is 13.0 Å². The Balaban J connectivity index is 2.07.